The topological polar surface area (TPSA) is 78.9 Å². The number of esters is 3. The van der Waals surface area contributed by atoms with Crippen molar-refractivity contribution in [3.05, 3.63) is 85.1 Å². The van der Waals surface area contributed by atoms with Crippen LogP contribution in [0.15, 0.2) is 85.1 Å². The van der Waals surface area contributed by atoms with Gasteiger partial charge in [0.1, 0.15) is 13.2 Å². The number of unbranched alkanes of at least 4 members (excludes halogenated alkanes) is 22. The Morgan fingerprint density at radius 1 is 0.328 bits per heavy atom. The molecule has 6 heteroatoms. The zero-order chi connectivity index (χ0) is 46.5. The molecule has 1 atom stereocenters. The molecular weight excluding hydrogens is 793 g/mol. The van der Waals surface area contributed by atoms with E-state index in [0.717, 1.165) is 103 Å². The largest absolute Gasteiger partial charge is 0.462 e. The van der Waals surface area contributed by atoms with Gasteiger partial charge in [0.05, 0.1) is 0 Å². The molecule has 0 spiro atoms. The Labute approximate surface area is 395 Å². The van der Waals surface area contributed by atoms with E-state index in [1.807, 2.05) is 0 Å². The van der Waals surface area contributed by atoms with Gasteiger partial charge in [-0.3, -0.25) is 14.4 Å². The first kappa shape index (κ1) is 60.6. The highest BCUT2D eigenvalue weighted by Crippen LogP contribution is 2.14. The van der Waals surface area contributed by atoms with E-state index in [0.29, 0.717) is 19.3 Å². The summed E-state index contributed by atoms with van der Waals surface area (Å²) in [4.78, 5) is 38.0. The minimum atomic E-state index is -0.805. The summed E-state index contributed by atoms with van der Waals surface area (Å²) in [7, 11) is 0. The minimum Gasteiger partial charge on any atom is -0.462 e. The van der Waals surface area contributed by atoms with Crippen molar-refractivity contribution in [3.63, 3.8) is 0 Å². The van der Waals surface area contributed by atoms with Crippen LogP contribution in [0.1, 0.15) is 245 Å². The van der Waals surface area contributed by atoms with Gasteiger partial charge in [-0.1, -0.05) is 221 Å². The van der Waals surface area contributed by atoms with Crippen LogP contribution in [0.25, 0.3) is 0 Å². The first-order chi connectivity index (χ1) is 31.5. The molecule has 64 heavy (non-hydrogen) atoms. The first-order valence-electron chi connectivity index (χ1n) is 26.6. The Morgan fingerprint density at radius 3 is 1.03 bits per heavy atom. The van der Waals surface area contributed by atoms with E-state index < -0.39 is 6.10 Å². The van der Waals surface area contributed by atoms with Gasteiger partial charge in [0.15, 0.2) is 6.10 Å². The fourth-order valence-electron chi connectivity index (χ4n) is 7.15. The molecule has 0 radical (unpaired) electrons. The van der Waals surface area contributed by atoms with E-state index in [1.165, 1.54) is 96.3 Å². The molecule has 0 bridgehead atoms. The maximum absolute atomic E-state index is 12.8. The summed E-state index contributed by atoms with van der Waals surface area (Å²) < 4.78 is 16.8. The summed E-state index contributed by atoms with van der Waals surface area (Å²) >= 11 is 0. The highest BCUT2D eigenvalue weighted by atomic mass is 16.6. The SMILES string of the molecule is CC/C=C\C/C=C\C/C=C\C/C=C\C/C=C\CCCC(=O)OCC(COC(=O)CCCCCCCCCCCCCCC)OC(=O)CCCCCCC/C=C\C/C=C\CCCCCC. The van der Waals surface area contributed by atoms with Crippen LogP contribution in [0.3, 0.4) is 0 Å². The maximum atomic E-state index is 12.8. The van der Waals surface area contributed by atoms with E-state index in [9.17, 15) is 14.4 Å². The molecule has 0 aliphatic rings. The Balaban J connectivity index is 4.50. The average Bonchev–Trinajstić information content (AvgIpc) is 3.29. The van der Waals surface area contributed by atoms with Crippen molar-refractivity contribution >= 4 is 17.9 Å². The summed E-state index contributed by atoms with van der Waals surface area (Å²) in [6, 6.07) is 0. The van der Waals surface area contributed by atoms with Crippen LogP contribution in [0.2, 0.25) is 0 Å². The first-order valence-corrected chi connectivity index (χ1v) is 26.6. The molecule has 0 fully saturated rings. The number of carbonyl (C=O) groups excluding carboxylic acids is 3. The third-order valence-electron chi connectivity index (χ3n) is 11.1. The Hall–Kier alpha value is -3.41. The molecule has 0 aliphatic heterocycles. The molecule has 0 N–H and O–H groups in total. The molecule has 1 unspecified atom stereocenters. The quantitative estimate of drug-likeness (QED) is 0.0262. The van der Waals surface area contributed by atoms with Crippen LogP contribution < -0.4 is 0 Å². The molecule has 6 nitrogen and oxygen atoms in total. The zero-order valence-electron chi connectivity index (χ0n) is 41.8. The summed E-state index contributed by atoms with van der Waals surface area (Å²) in [6.07, 6.45) is 67.1. The lowest BCUT2D eigenvalue weighted by molar-refractivity contribution is -0.167. The second-order valence-corrected chi connectivity index (χ2v) is 17.4. The van der Waals surface area contributed by atoms with E-state index >= 15 is 0 Å². The van der Waals surface area contributed by atoms with Gasteiger partial charge in [0.2, 0.25) is 0 Å². The molecule has 0 rings (SSSR count). The van der Waals surface area contributed by atoms with Crippen LogP contribution in [0.5, 0.6) is 0 Å². The molecule has 0 aliphatic carbocycles. The Morgan fingerprint density at radius 2 is 0.625 bits per heavy atom. The molecule has 366 valence electrons. The van der Waals surface area contributed by atoms with Crippen LogP contribution in [0.4, 0.5) is 0 Å². The molecule has 0 amide bonds. The number of rotatable bonds is 47. The molecule has 0 saturated heterocycles. The van der Waals surface area contributed by atoms with Gasteiger partial charge >= 0.3 is 17.9 Å². The summed E-state index contributed by atoms with van der Waals surface area (Å²) in [5.41, 5.74) is 0. The van der Waals surface area contributed by atoms with Gasteiger partial charge in [-0.2, -0.15) is 0 Å². The van der Waals surface area contributed by atoms with Crippen molar-refractivity contribution in [2.24, 2.45) is 0 Å². The van der Waals surface area contributed by atoms with E-state index in [1.54, 1.807) is 0 Å². The number of carbonyl (C=O) groups is 3. The van der Waals surface area contributed by atoms with Crippen molar-refractivity contribution in [2.45, 2.75) is 252 Å². The molecule has 0 saturated carbocycles. The minimum absolute atomic E-state index is 0.0986. The van der Waals surface area contributed by atoms with Crippen molar-refractivity contribution in [1.29, 1.82) is 0 Å². The normalized spacial score (nSPS) is 12.7. The second-order valence-electron chi connectivity index (χ2n) is 17.4. The number of hydrogen-bond acceptors (Lipinski definition) is 6. The van der Waals surface area contributed by atoms with Crippen LogP contribution in [0, 0.1) is 0 Å². The van der Waals surface area contributed by atoms with Crippen LogP contribution in [-0.2, 0) is 28.6 Å². The molecule has 0 heterocycles. The number of ether oxygens (including phenoxy) is 3. The third-order valence-corrected chi connectivity index (χ3v) is 11.1. The van der Waals surface area contributed by atoms with Crippen molar-refractivity contribution in [2.75, 3.05) is 13.2 Å². The van der Waals surface area contributed by atoms with E-state index in [4.69, 9.17) is 14.2 Å². The van der Waals surface area contributed by atoms with Crippen LogP contribution in [-0.4, -0.2) is 37.2 Å². The second kappa shape index (κ2) is 52.2. The molecule has 0 aromatic carbocycles. The Kier molecular flexibility index (Phi) is 49.4. The fraction of sp³-hybridized carbons (Fsp3) is 0.707. The standard InChI is InChI=1S/C58H98O6/c1-4-7-10-13-16-19-22-25-27-29-31-33-36-39-42-45-48-51-57(60)63-54-55(53-62-56(59)50-47-44-41-38-35-32-24-21-18-15-12-9-6-3)64-58(61)52-49-46-43-40-37-34-30-28-26-23-20-17-14-11-8-5-2/h7,10,16,19-20,23,25,27-28,30-31,33,39,42,55H,4-6,8-9,11-15,17-18,21-22,24,26,29,32,34-38,40-41,43-54H2,1-3H3/b10-7-,19-16-,23-20-,27-25-,30-28-,33-31-,42-39-. The Bertz CT molecular complexity index is 1250. The molecular formula is C58H98O6. The third kappa shape index (κ3) is 49.6. The highest BCUT2D eigenvalue weighted by molar-refractivity contribution is 5.71. The van der Waals surface area contributed by atoms with Gasteiger partial charge in [-0.15, -0.1) is 0 Å². The lowest BCUT2D eigenvalue weighted by Gasteiger charge is -2.18. The average molecular weight is 891 g/mol. The smallest absolute Gasteiger partial charge is 0.306 e. The summed E-state index contributed by atoms with van der Waals surface area (Å²) in [6.45, 7) is 6.45. The maximum Gasteiger partial charge on any atom is 0.306 e. The monoisotopic (exact) mass is 891 g/mol. The number of hydrogen-bond donors (Lipinski definition) is 0. The van der Waals surface area contributed by atoms with Gasteiger partial charge in [-0.25, -0.2) is 0 Å². The lowest BCUT2D eigenvalue weighted by Crippen LogP contribution is -2.30. The van der Waals surface area contributed by atoms with E-state index in [2.05, 4.69) is 106 Å². The summed E-state index contributed by atoms with van der Waals surface area (Å²) in [5, 5.41) is 0. The molecule has 0 aromatic heterocycles. The lowest BCUT2D eigenvalue weighted by atomic mass is 10.0. The van der Waals surface area contributed by atoms with Crippen LogP contribution >= 0.6 is 0 Å². The van der Waals surface area contributed by atoms with Crippen molar-refractivity contribution < 1.29 is 28.6 Å². The predicted octanol–water partition coefficient (Wildman–Crippen LogP) is 17.6. The van der Waals surface area contributed by atoms with Gasteiger partial charge < -0.3 is 14.2 Å². The van der Waals surface area contributed by atoms with Crippen molar-refractivity contribution in [3.8, 4) is 0 Å². The predicted molar refractivity (Wildman–Crippen MR) is 274 cm³/mol. The number of allylic oxidation sites excluding steroid dienone is 14. The molecule has 0 aromatic rings. The van der Waals surface area contributed by atoms with Gasteiger partial charge in [0, 0.05) is 19.3 Å². The fourth-order valence-corrected chi connectivity index (χ4v) is 7.15. The van der Waals surface area contributed by atoms with Crippen molar-refractivity contribution in [1.82, 2.24) is 0 Å². The van der Waals surface area contributed by atoms with Gasteiger partial charge in [0.25, 0.3) is 0 Å². The van der Waals surface area contributed by atoms with Gasteiger partial charge in [-0.05, 0) is 89.9 Å². The highest BCUT2D eigenvalue weighted by Gasteiger charge is 2.19. The van der Waals surface area contributed by atoms with E-state index in [-0.39, 0.29) is 37.5 Å². The summed E-state index contributed by atoms with van der Waals surface area (Å²) in [5.74, 6) is -0.972. The zero-order valence-corrected chi connectivity index (χ0v) is 41.8.